The first kappa shape index (κ1) is 12.9. The number of carbonyl (C=O) groups is 2. The van der Waals surface area contributed by atoms with Crippen LogP contribution in [0, 0.1) is 5.41 Å². The first-order valence-corrected chi connectivity index (χ1v) is 5.57. The first-order valence-electron chi connectivity index (χ1n) is 5.57. The zero-order valence-corrected chi connectivity index (χ0v) is 10.7. The van der Waals surface area contributed by atoms with E-state index in [0.717, 1.165) is 0 Å². The number of esters is 1. The van der Waals surface area contributed by atoms with Gasteiger partial charge in [-0.05, 0) is 40.5 Å². The predicted octanol–water partition coefficient (Wildman–Crippen LogP) is 2.64. The number of hydrogen-bond donors (Lipinski definition) is 0. The zero-order valence-electron chi connectivity index (χ0n) is 10.7. The van der Waals surface area contributed by atoms with E-state index in [1.54, 1.807) is 6.92 Å². The van der Waals surface area contributed by atoms with E-state index >= 15 is 0 Å². The summed E-state index contributed by atoms with van der Waals surface area (Å²) in [5.74, 6) is -0.167. The van der Waals surface area contributed by atoms with Crippen LogP contribution in [0.3, 0.4) is 0 Å². The monoisotopic (exact) mass is 224 g/mol. The average Bonchev–Trinajstić information content (AvgIpc) is 2.46. The molecule has 0 aromatic heterocycles. The van der Waals surface area contributed by atoms with Gasteiger partial charge in [0.25, 0.3) is 0 Å². The Hall–Kier alpha value is -1.12. The van der Waals surface area contributed by atoms with E-state index in [1.165, 1.54) is 0 Å². The second-order valence-corrected chi connectivity index (χ2v) is 5.73. The van der Waals surface area contributed by atoms with Crippen LogP contribution in [-0.4, -0.2) is 17.4 Å². The fourth-order valence-electron chi connectivity index (χ4n) is 1.68. The third-order valence-corrected chi connectivity index (χ3v) is 2.89. The Labute approximate surface area is 96.9 Å². The maximum absolute atomic E-state index is 11.8. The molecule has 3 heteroatoms. The van der Waals surface area contributed by atoms with Crippen molar-refractivity contribution in [2.75, 3.05) is 0 Å². The van der Waals surface area contributed by atoms with Crippen LogP contribution in [0.15, 0.2) is 11.6 Å². The lowest BCUT2D eigenvalue weighted by atomic mass is 9.83. The summed E-state index contributed by atoms with van der Waals surface area (Å²) >= 11 is 0. The molecular weight excluding hydrogens is 204 g/mol. The quantitative estimate of drug-likeness (QED) is 0.677. The molecule has 0 aromatic rings. The molecule has 1 atom stereocenters. The zero-order chi connectivity index (χ0) is 12.6. The lowest BCUT2D eigenvalue weighted by Gasteiger charge is -2.22. The Morgan fingerprint density at radius 3 is 2.31 bits per heavy atom. The minimum absolute atomic E-state index is 0.127. The number of allylic oxidation sites excluding steroid dienone is 1. The molecule has 90 valence electrons. The van der Waals surface area contributed by atoms with Crippen LogP contribution >= 0.6 is 0 Å². The molecule has 1 unspecified atom stereocenters. The minimum atomic E-state index is -0.479. The van der Waals surface area contributed by atoms with Gasteiger partial charge in [-0.25, -0.2) is 4.79 Å². The molecule has 0 fully saturated rings. The summed E-state index contributed by atoms with van der Waals surface area (Å²) in [7, 11) is 0. The molecule has 16 heavy (non-hydrogen) atoms. The highest BCUT2D eigenvalue weighted by atomic mass is 16.6. The Bertz CT molecular complexity index is 347. The molecule has 0 radical (unpaired) electrons. The summed E-state index contributed by atoms with van der Waals surface area (Å²) in [6, 6.07) is 0. The van der Waals surface area contributed by atoms with Gasteiger partial charge in [0.2, 0.25) is 0 Å². The topological polar surface area (TPSA) is 43.4 Å². The van der Waals surface area contributed by atoms with E-state index in [9.17, 15) is 9.59 Å². The minimum Gasteiger partial charge on any atom is -0.457 e. The molecular formula is C13H20O3. The third-order valence-electron chi connectivity index (χ3n) is 2.89. The van der Waals surface area contributed by atoms with Crippen molar-refractivity contribution in [3.05, 3.63) is 11.6 Å². The molecule has 0 spiro atoms. The number of Topliss-reactive ketones (excluding diaryl/α,β-unsaturated/α-hetero) is 1. The fourth-order valence-corrected chi connectivity index (χ4v) is 1.68. The van der Waals surface area contributed by atoms with Gasteiger partial charge in [-0.3, -0.25) is 4.79 Å². The molecule has 0 aromatic carbocycles. The summed E-state index contributed by atoms with van der Waals surface area (Å²) in [6.45, 7) is 8.98. The Kier molecular flexibility index (Phi) is 3.27. The molecule has 0 aliphatic heterocycles. The molecule has 0 saturated carbocycles. The lowest BCUT2D eigenvalue weighted by molar-refractivity contribution is -0.150. The van der Waals surface area contributed by atoms with Gasteiger partial charge < -0.3 is 4.74 Å². The normalized spacial score (nSPS) is 25.2. The smallest absolute Gasteiger partial charge is 0.334 e. The molecule has 1 rings (SSSR count). The molecule has 3 nitrogen and oxygen atoms in total. The predicted molar refractivity (Wildman–Crippen MR) is 62.0 cm³/mol. The maximum Gasteiger partial charge on any atom is 0.334 e. The number of ether oxygens (including phenoxy) is 1. The maximum atomic E-state index is 11.8. The summed E-state index contributed by atoms with van der Waals surface area (Å²) in [4.78, 5) is 23.2. The van der Waals surface area contributed by atoms with Gasteiger partial charge in [0, 0.05) is 11.0 Å². The van der Waals surface area contributed by atoms with E-state index in [1.807, 2.05) is 33.8 Å². The van der Waals surface area contributed by atoms with Crippen LogP contribution < -0.4 is 0 Å². The van der Waals surface area contributed by atoms with Crippen LogP contribution in [0.1, 0.15) is 47.5 Å². The van der Waals surface area contributed by atoms with Crippen molar-refractivity contribution in [3.63, 3.8) is 0 Å². The van der Waals surface area contributed by atoms with Crippen molar-refractivity contribution in [1.29, 1.82) is 0 Å². The highest BCUT2D eigenvalue weighted by Crippen LogP contribution is 2.38. The molecule has 0 amide bonds. The van der Waals surface area contributed by atoms with Gasteiger partial charge in [-0.1, -0.05) is 13.0 Å². The first-order chi connectivity index (χ1) is 7.14. The number of hydrogen-bond acceptors (Lipinski definition) is 3. The van der Waals surface area contributed by atoms with Crippen LogP contribution in [0.5, 0.6) is 0 Å². The van der Waals surface area contributed by atoms with Crippen LogP contribution in [0.4, 0.5) is 0 Å². The standard InChI is InChI=1S/C13H20O3/c1-9(14)13(5)7-6-10(8-13)11(15)16-12(2,3)4/h6H,7-8H2,1-5H3. The van der Waals surface area contributed by atoms with Crippen molar-refractivity contribution >= 4 is 11.8 Å². The molecule has 0 heterocycles. The van der Waals surface area contributed by atoms with Gasteiger partial charge in [0.05, 0.1) is 0 Å². The van der Waals surface area contributed by atoms with Crippen LogP contribution in [-0.2, 0) is 14.3 Å². The number of ketones is 1. The van der Waals surface area contributed by atoms with Crippen LogP contribution in [0.25, 0.3) is 0 Å². The SMILES string of the molecule is CC(=O)C1(C)CC=C(C(=O)OC(C)(C)C)C1. The Morgan fingerprint density at radius 2 is 1.94 bits per heavy atom. The van der Waals surface area contributed by atoms with Crippen molar-refractivity contribution in [2.45, 2.75) is 53.1 Å². The fraction of sp³-hybridized carbons (Fsp3) is 0.692. The van der Waals surface area contributed by atoms with Crippen molar-refractivity contribution in [2.24, 2.45) is 5.41 Å². The van der Waals surface area contributed by atoms with E-state index in [-0.39, 0.29) is 11.8 Å². The van der Waals surface area contributed by atoms with Gasteiger partial charge in [-0.2, -0.15) is 0 Å². The molecule has 1 aliphatic carbocycles. The summed E-state index contributed by atoms with van der Waals surface area (Å²) in [5.41, 5.74) is -0.257. The average molecular weight is 224 g/mol. The summed E-state index contributed by atoms with van der Waals surface area (Å²) < 4.78 is 5.28. The molecule has 0 saturated heterocycles. The van der Waals surface area contributed by atoms with Crippen molar-refractivity contribution < 1.29 is 14.3 Å². The highest BCUT2D eigenvalue weighted by Gasteiger charge is 2.37. The van der Waals surface area contributed by atoms with Crippen molar-refractivity contribution in [1.82, 2.24) is 0 Å². The Balaban J connectivity index is 2.67. The summed E-state index contributed by atoms with van der Waals surface area (Å²) in [6.07, 6.45) is 2.96. The molecule has 1 aliphatic rings. The van der Waals surface area contributed by atoms with Crippen LogP contribution in [0.2, 0.25) is 0 Å². The Morgan fingerprint density at radius 1 is 1.38 bits per heavy atom. The molecule has 0 bridgehead atoms. The second kappa shape index (κ2) is 4.04. The summed E-state index contributed by atoms with van der Waals surface area (Å²) in [5, 5.41) is 0. The van der Waals surface area contributed by atoms with E-state index in [4.69, 9.17) is 4.74 Å². The van der Waals surface area contributed by atoms with E-state index in [2.05, 4.69) is 0 Å². The third kappa shape index (κ3) is 2.94. The molecule has 0 N–H and O–H groups in total. The highest BCUT2D eigenvalue weighted by molar-refractivity contribution is 5.93. The van der Waals surface area contributed by atoms with E-state index < -0.39 is 11.0 Å². The number of rotatable bonds is 2. The lowest BCUT2D eigenvalue weighted by Crippen LogP contribution is -2.27. The van der Waals surface area contributed by atoms with Gasteiger partial charge in [-0.15, -0.1) is 0 Å². The van der Waals surface area contributed by atoms with Gasteiger partial charge in [0.1, 0.15) is 11.4 Å². The van der Waals surface area contributed by atoms with Crippen molar-refractivity contribution in [3.8, 4) is 0 Å². The van der Waals surface area contributed by atoms with Gasteiger partial charge >= 0.3 is 5.97 Å². The largest absolute Gasteiger partial charge is 0.457 e. The second-order valence-electron chi connectivity index (χ2n) is 5.73. The number of carbonyl (C=O) groups excluding carboxylic acids is 2. The van der Waals surface area contributed by atoms with Gasteiger partial charge in [0.15, 0.2) is 0 Å². The van der Waals surface area contributed by atoms with E-state index in [0.29, 0.717) is 18.4 Å².